The number of rotatable bonds is 8. The van der Waals surface area contributed by atoms with E-state index in [9.17, 15) is 18.0 Å². The number of nitrogens with one attached hydrogen (secondary N) is 5. The van der Waals surface area contributed by atoms with Gasteiger partial charge in [0.1, 0.15) is 0 Å². The summed E-state index contributed by atoms with van der Waals surface area (Å²) in [6.07, 6.45) is 14.6. The highest BCUT2D eigenvalue weighted by Crippen LogP contribution is 2.31. The number of benzene rings is 2. The number of carbonyl (C=O) groups excluding carboxylic acids is 2. The highest BCUT2D eigenvalue weighted by molar-refractivity contribution is 7.88. The summed E-state index contributed by atoms with van der Waals surface area (Å²) < 4.78 is 26.2. The molecule has 7 N–H and O–H groups in total. The molecule has 2 aromatic heterocycles. The Labute approximate surface area is 291 Å². The second-order valence-corrected chi connectivity index (χ2v) is 15.2. The quantitative estimate of drug-likeness (QED) is 0.123. The molecule has 10 nitrogen and oxygen atoms in total. The molecule has 0 bridgehead atoms. The van der Waals surface area contributed by atoms with Crippen LogP contribution < -0.4 is 21.1 Å². The Bertz CT molecular complexity index is 1810. The molecule has 0 atom stereocenters. The maximum atomic E-state index is 12.6. The van der Waals surface area contributed by atoms with Crippen molar-refractivity contribution in [2.45, 2.75) is 75.3 Å². The van der Waals surface area contributed by atoms with E-state index in [1.807, 2.05) is 24.4 Å². The molecule has 0 saturated heterocycles. The molecule has 0 unspecified atom stereocenters. The minimum Gasteiger partial charge on any atom is -0.361 e. The predicted molar refractivity (Wildman–Crippen MR) is 192 cm³/mol. The number of amides is 2. The molecule has 2 heterocycles. The van der Waals surface area contributed by atoms with E-state index >= 15 is 0 Å². The maximum Gasteiger partial charge on any atom is 0.252 e. The average Bonchev–Trinajstić information content (AvgIpc) is 3.71. The number of hydrogen-bond donors (Lipinski definition) is 6. The fourth-order valence-corrected chi connectivity index (χ4v) is 8.30. The predicted octanol–water partition coefficient (Wildman–Crippen LogP) is 6.44. The Balaban J connectivity index is 0.000000211. The van der Waals surface area contributed by atoms with E-state index in [0.29, 0.717) is 40.6 Å². The number of nitrogens with two attached hydrogens (primary N) is 1. The fourth-order valence-electron chi connectivity index (χ4n) is 6.61. The molecular formula is C33H43Cl3N6O4S. The molecule has 14 heteroatoms. The molecule has 256 valence electrons. The SMILES string of the molecule is CS(=O)(=O)NC1(CNC(=O)c2ccc3[nH]ccc3c2Cl)CCCCC1.Cl.NC1(CNC(=O)c2ccc3[nH]ccc3c2Cl)CCCCC1. The van der Waals surface area contributed by atoms with E-state index in [-0.39, 0.29) is 36.3 Å². The van der Waals surface area contributed by atoms with E-state index < -0.39 is 15.6 Å². The van der Waals surface area contributed by atoms with Gasteiger partial charge in [0.2, 0.25) is 10.0 Å². The lowest BCUT2D eigenvalue weighted by molar-refractivity contribution is 0.0928. The Morgan fingerprint density at radius 1 is 0.745 bits per heavy atom. The van der Waals surface area contributed by atoms with Crippen LogP contribution >= 0.6 is 35.6 Å². The zero-order valence-corrected chi connectivity index (χ0v) is 29.5. The largest absolute Gasteiger partial charge is 0.361 e. The van der Waals surface area contributed by atoms with Crippen molar-refractivity contribution in [1.29, 1.82) is 0 Å². The molecule has 0 aliphatic heterocycles. The molecule has 0 spiro atoms. The third kappa shape index (κ3) is 9.22. The van der Waals surface area contributed by atoms with Gasteiger partial charge in [-0.2, -0.15) is 0 Å². The first-order chi connectivity index (χ1) is 21.9. The van der Waals surface area contributed by atoms with E-state index in [1.54, 1.807) is 24.4 Å². The van der Waals surface area contributed by atoms with Crippen LogP contribution in [0, 0.1) is 0 Å². The summed E-state index contributed by atoms with van der Waals surface area (Å²) in [5.74, 6) is -0.452. The van der Waals surface area contributed by atoms with Crippen molar-refractivity contribution in [3.05, 3.63) is 70.0 Å². The van der Waals surface area contributed by atoms with E-state index in [1.165, 1.54) is 6.42 Å². The molecule has 2 saturated carbocycles. The molecule has 2 fully saturated rings. The van der Waals surface area contributed by atoms with Gasteiger partial charge < -0.3 is 26.3 Å². The third-order valence-corrected chi connectivity index (χ3v) is 10.7. The molecule has 2 aliphatic carbocycles. The number of sulfonamides is 1. The zero-order valence-electron chi connectivity index (χ0n) is 26.4. The van der Waals surface area contributed by atoms with E-state index in [0.717, 1.165) is 73.0 Å². The number of aromatic nitrogens is 2. The smallest absolute Gasteiger partial charge is 0.252 e. The van der Waals surface area contributed by atoms with Crippen LogP contribution in [-0.4, -0.2) is 60.6 Å². The lowest BCUT2D eigenvalue weighted by atomic mass is 9.82. The first-order valence-corrected chi connectivity index (χ1v) is 18.4. The molecule has 2 aliphatic rings. The number of hydrogen-bond acceptors (Lipinski definition) is 5. The zero-order chi connectivity index (χ0) is 33.0. The van der Waals surface area contributed by atoms with Crippen molar-refractivity contribution in [3.8, 4) is 0 Å². The lowest BCUT2D eigenvalue weighted by Crippen LogP contribution is -2.56. The second kappa shape index (κ2) is 15.6. The summed E-state index contributed by atoms with van der Waals surface area (Å²) in [4.78, 5) is 31.1. The first kappa shape index (κ1) is 37.0. The fraction of sp³-hybridized carbons (Fsp3) is 0.455. The summed E-state index contributed by atoms with van der Waals surface area (Å²) in [6, 6.07) is 10.8. The van der Waals surface area contributed by atoms with Crippen molar-refractivity contribution in [2.24, 2.45) is 5.73 Å². The van der Waals surface area contributed by atoms with Crippen LogP contribution in [0.2, 0.25) is 10.0 Å². The minimum absolute atomic E-state index is 0. The second-order valence-electron chi connectivity index (χ2n) is 12.7. The number of fused-ring (bicyclic) bond motifs is 2. The molecule has 2 amide bonds. The Kier molecular flexibility index (Phi) is 12.3. The first-order valence-electron chi connectivity index (χ1n) is 15.7. The standard InChI is InChI=1S/C17H22ClN3O3S.C16H20ClN3O.ClH/c1-25(23,24)21-17(8-3-2-4-9-17)11-20-16(22)13-5-6-14-12(15(13)18)7-10-19-14;17-14-11-6-9-19-13(11)5-4-12(14)15(21)20-10-16(18)7-2-1-3-8-16;/h5-7,10,19,21H,2-4,8-9,11H2,1H3,(H,20,22);4-6,9,19H,1-3,7-8,10,18H2,(H,20,21);1H. The van der Waals surface area contributed by atoms with Crippen molar-refractivity contribution in [2.75, 3.05) is 19.3 Å². The van der Waals surface area contributed by atoms with Gasteiger partial charge in [0.05, 0.1) is 33.0 Å². The monoisotopic (exact) mass is 724 g/mol. The lowest BCUT2D eigenvalue weighted by Gasteiger charge is -2.37. The van der Waals surface area contributed by atoms with Crippen LogP contribution in [0.25, 0.3) is 21.8 Å². The van der Waals surface area contributed by atoms with Gasteiger partial charge in [0, 0.05) is 52.8 Å². The molecule has 6 rings (SSSR count). The van der Waals surface area contributed by atoms with Crippen molar-refractivity contribution in [3.63, 3.8) is 0 Å². The van der Waals surface area contributed by atoms with Crippen molar-refractivity contribution in [1.82, 2.24) is 25.3 Å². The van der Waals surface area contributed by atoms with Gasteiger partial charge in [-0.05, 0) is 62.1 Å². The summed E-state index contributed by atoms with van der Waals surface area (Å²) in [5, 5.41) is 8.35. The minimum atomic E-state index is -3.36. The van der Waals surface area contributed by atoms with Crippen molar-refractivity contribution >= 4 is 79.3 Å². The summed E-state index contributed by atoms with van der Waals surface area (Å²) in [6.45, 7) is 0.758. The maximum absolute atomic E-state index is 12.6. The van der Waals surface area contributed by atoms with Crippen LogP contribution in [0.4, 0.5) is 0 Å². The van der Waals surface area contributed by atoms with E-state index in [4.69, 9.17) is 28.9 Å². The van der Waals surface area contributed by atoms with Crippen molar-refractivity contribution < 1.29 is 18.0 Å². The summed E-state index contributed by atoms with van der Waals surface area (Å²) >= 11 is 12.7. The average molecular weight is 726 g/mol. The molecule has 4 aromatic rings. The molecular weight excluding hydrogens is 683 g/mol. The number of halogens is 3. The molecule has 2 aromatic carbocycles. The van der Waals surface area contributed by atoms with Crippen LogP contribution in [0.5, 0.6) is 0 Å². The van der Waals surface area contributed by atoms with Gasteiger partial charge in [-0.15, -0.1) is 12.4 Å². The van der Waals surface area contributed by atoms with Gasteiger partial charge in [-0.3, -0.25) is 9.59 Å². The van der Waals surface area contributed by atoms with Gasteiger partial charge in [0.25, 0.3) is 11.8 Å². The topological polar surface area (TPSA) is 162 Å². The molecule has 47 heavy (non-hydrogen) atoms. The van der Waals surface area contributed by atoms with Gasteiger partial charge in [-0.1, -0.05) is 61.7 Å². The highest BCUT2D eigenvalue weighted by Gasteiger charge is 2.35. The van der Waals surface area contributed by atoms with E-state index in [2.05, 4.69) is 25.3 Å². The van der Waals surface area contributed by atoms with Crippen LogP contribution in [-0.2, 0) is 10.0 Å². The third-order valence-electron chi connectivity index (χ3n) is 9.08. The van der Waals surface area contributed by atoms with Crippen LogP contribution in [0.1, 0.15) is 84.9 Å². The highest BCUT2D eigenvalue weighted by atomic mass is 35.5. The number of aromatic amines is 2. The molecule has 0 radical (unpaired) electrons. The number of carbonyl (C=O) groups is 2. The van der Waals surface area contributed by atoms with Gasteiger partial charge >= 0.3 is 0 Å². The Morgan fingerprint density at radius 2 is 1.19 bits per heavy atom. The normalized spacial score (nSPS) is 17.3. The van der Waals surface area contributed by atoms with Gasteiger partial charge in [-0.25, -0.2) is 13.1 Å². The van der Waals surface area contributed by atoms with Crippen LogP contribution in [0.3, 0.4) is 0 Å². The Morgan fingerprint density at radius 3 is 1.66 bits per heavy atom. The Hall–Kier alpha value is -2.80. The summed E-state index contributed by atoms with van der Waals surface area (Å²) in [7, 11) is -3.36. The van der Waals surface area contributed by atoms with Gasteiger partial charge in [0.15, 0.2) is 0 Å². The number of H-pyrrole nitrogens is 2. The van der Waals surface area contributed by atoms with Crippen LogP contribution in [0.15, 0.2) is 48.8 Å². The summed E-state index contributed by atoms with van der Waals surface area (Å²) in [5.41, 5.74) is 8.15.